The summed E-state index contributed by atoms with van der Waals surface area (Å²) in [4.78, 5) is 23.8. The minimum Gasteiger partial charge on any atom is -0.444 e. The monoisotopic (exact) mass is 547 g/mol. The van der Waals surface area contributed by atoms with Crippen LogP contribution in [-0.2, 0) is 4.74 Å². The largest absolute Gasteiger partial charge is 0.444 e. The predicted octanol–water partition coefficient (Wildman–Crippen LogP) is 6.66. The van der Waals surface area contributed by atoms with Crippen LogP contribution in [0.4, 0.5) is 10.7 Å². The minimum absolute atomic E-state index is 0.0472. The van der Waals surface area contributed by atoms with Gasteiger partial charge in [-0.3, -0.25) is 0 Å². The Morgan fingerprint density at radius 1 is 1.11 bits per heavy atom. The van der Waals surface area contributed by atoms with Crippen molar-refractivity contribution >= 4 is 38.9 Å². The summed E-state index contributed by atoms with van der Waals surface area (Å²) >= 11 is 3.67. The van der Waals surface area contributed by atoms with E-state index in [1.54, 1.807) is 11.1 Å². The zero-order chi connectivity index (χ0) is 25.3. The summed E-state index contributed by atoms with van der Waals surface area (Å²) in [5.74, 6) is 0.542. The van der Waals surface area contributed by atoms with E-state index in [0.717, 1.165) is 45.2 Å². The van der Waals surface area contributed by atoms with Crippen LogP contribution in [0.2, 0.25) is 0 Å². The summed E-state index contributed by atoms with van der Waals surface area (Å²) in [6, 6.07) is 18.7. The standard InChI is InChI=1S/C28H30BrN5O2/c1-28(2,3)36-27(35)33-15-9-10-19(17-33)31-26-30-16-23(29)25(32-26)22-18-34(20-11-5-4-6-12-20)24-14-8-7-13-21(22)24/h4-8,11-14,16,18-19H,9-10,15,17H2,1-3H3,(H,30,31,32)/t19-/m0/s1. The van der Waals surface area contributed by atoms with Gasteiger partial charge < -0.3 is 19.5 Å². The predicted molar refractivity (Wildman–Crippen MR) is 146 cm³/mol. The second-order valence-electron chi connectivity index (χ2n) is 10.1. The normalized spacial score (nSPS) is 16.2. The second kappa shape index (κ2) is 9.93. The summed E-state index contributed by atoms with van der Waals surface area (Å²) in [6.45, 7) is 6.90. The number of amides is 1. The average Bonchev–Trinajstić information content (AvgIpc) is 3.24. The number of hydrogen-bond acceptors (Lipinski definition) is 5. The van der Waals surface area contributed by atoms with Crippen molar-refractivity contribution in [3.63, 3.8) is 0 Å². The number of hydrogen-bond donors (Lipinski definition) is 1. The van der Waals surface area contributed by atoms with Crippen LogP contribution in [0.3, 0.4) is 0 Å². The molecule has 0 radical (unpaired) electrons. The molecular weight excluding hydrogens is 518 g/mol. The lowest BCUT2D eigenvalue weighted by atomic mass is 10.1. The van der Waals surface area contributed by atoms with E-state index < -0.39 is 5.60 Å². The maximum absolute atomic E-state index is 12.6. The lowest BCUT2D eigenvalue weighted by Gasteiger charge is -2.34. The molecule has 0 bridgehead atoms. The molecule has 1 aliphatic rings. The van der Waals surface area contributed by atoms with Gasteiger partial charge in [0, 0.05) is 48.2 Å². The zero-order valence-electron chi connectivity index (χ0n) is 20.7. The van der Waals surface area contributed by atoms with Crippen LogP contribution in [0.5, 0.6) is 0 Å². The first-order valence-corrected chi connectivity index (χ1v) is 13.0. The van der Waals surface area contributed by atoms with Crippen LogP contribution in [0.25, 0.3) is 27.8 Å². The third-order valence-electron chi connectivity index (χ3n) is 6.15. The van der Waals surface area contributed by atoms with E-state index in [2.05, 4.69) is 61.3 Å². The number of benzene rings is 2. The van der Waals surface area contributed by atoms with E-state index in [0.29, 0.717) is 19.0 Å². The van der Waals surface area contributed by atoms with Gasteiger partial charge in [0.2, 0.25) is 5.95 Å². The molecule has 1 aliphatic heterocycles. The highest BCUT2D eigenvalue weighted by molar-refractivity contribution is 9.10. The Bertz CT molecular complexity index is 1380. The third kappa shape index (κ3) is 5.23. The fourth-order valence-corrected chi connectivity index (χ4v) is 4.97. The third-order valence-corrected chi connectivity index (χ3v) is 6.73. The summed E-state index contributed by atoms with van der Waals surface area (Å²) in [7, 11) is 0. The number of likely N-dealkylation sites (tertiary alicyclic amines) is 1. The number of anilines is 1. The number of para-hydroxylation sites is 2. The number of ether oxygens (including phenoxy) is 1. The summed E-state index contributed by atoms with van der Waals surface area (Å²) in [5, 5.41) is 4.56. The van der Waals surface area contributed by atoms with Gasteiger partial charge in [0.05, 0.1) is 15.7 Å². The highest BCUT2D eigenvalue weighted by atomic mass is 79.9. The first-order chi connectivity index (χ1) is 17.3. The van der Waals surface area contributed by atoms with Crippen LogP contribution >= 0.6 is 15.9 Å². The second-order valence-corrected chi connectivity index (χ2v) is 10.9. The van der Waals surface area contributed by atoms with Crippen molar-refractivity contribution in [2.45, 2.75) is 45.3 Å². The molecule has 0 unspecified atom stereocenters. The molecular formula is C28H30BrN5O2. The number of aromatic nitrogens is 3. The number of piperidine rings is 1. The fourth-order valence-electron chi connectivity index (χ4n) is 4.57. The van der Waals surface area contributed by atoms with Gasteiger partial charge in [-0.05, 0) is 67.7 Å². The Morgan fingerprint density at radius 3 is 2.64 bits per heavy atom. The number of nitrogens with zero attached hydrogens (tertiary/aromatic N) is 4. The number of nitrogens with one attached hydrogen (secondary N) is 1. The minimum atomic E-state index is -0.514. The molecule has 1 fully saturated rings. The molecule has 186 valence electrons. The van der Waals surface area contributed by atoms with E-state index in [9.17, 15) is 4.79 Å². The van der Waals surface area contributed by atoms with E-state index in [1.807, 2.05) is 51.1 Å². The van der Waals surface area contributed by atoms with Gasteiger partial charge in [0.15, 0.2) is 0 Å². The molecule has 5 rings (SSSR count). The Kier molecular flexibility index (Phi) is 6.71. The highest BCUT2D eigenvalue weighted by Gasteiger charge is 2.28. The lowest BCUT2D eigenvalue weighted by Crippen LogP contribution is -2.47. The van der Waals surface area contributed by atoms with E-state index in [4.69, 9.17) is 9.72 Å². The summed E-state index contributed by atoms with van der Waals surface area (Å²) in [5.41, 5.74) is 3.52. The quantitative estimate of drug-likeness (QED) is 0.309. The van der Waals surface area contributed by atoms with Crippen LogP contribution in [0.15, 0.2) is 71.5 Å². The molecule has 3 heterocycles. The Hall–Kier alpha value is -3.39. The van der Waals surface area contributed by atoms with E-state index in [-0.39, 0.29) is 12.1 Å². The molecule has 4 aromatic rings. The zero-order valence-corrected chi connectivity index (χ0v) is 22.3. The topological polar surface area (TPSA) is 72.3 Å². The highest BCUT2D eigenvalue weighted by Crippen LogP contribution is 2.35. The molecule has 1 amide bonds. The lowest BCUT2D eigenvalue weighted by molar-refractivity contribution is 0.0206. The molecule has 0 spiro atoms. The smallest absolute Gasteiger partial charge is 0.410 e. The van der Waals surface area contributed by atoms with Crippen molar-refractivity contribution in [3.8, 4) is 16.9 Å². The Balaban J connectivity index is 1.43. The van der Waals surface area contributed by atoms with Gasteiger partial charge in [-0.1, -0.05) is 36.4 Å². The van der Waals surface area contributed by atoms with Crippen molar-refractivity contribution in [1.82, 2.24) is 19.4 Å². The molecule has 0 saturated carbocycles. The molecule has 7 nitrogen and oxygen atoms in total. The Morgan fingerprint density at radius 2 is 1.86 bits per heavy atom. The summed E-state index contributed by atoms with van der Waals surface area (Å²) in [6.07, 6.45) is 5.46. The van der Waals surface area contributed by atoms with Gasteiger partial charge >= 0.3 is 6.09 Å². The van der Waals surface area contributed by atoms with Crippen molar-refractivity contribution in [2.24, 2.45) is 0 Å². The molecule has 0 aliphatic carbocycles. The molecule has 8 heteroatoms. The van der Waals surface area contributed by atoms with Crippen molar-refractivity contribution in [1.29, 1.82) is 0 Å². The SMILES string of the molecule is CC(C)(C)OC(=O)N1CCC[C@H](Nc2ncc(Br)c(-c3cn(-c4ccccc4)c4ccccc34)n2)C1. The molecule has 36 heavy (non-hydrogen) atoms. The average molecular weight is 548 g/mol. The van der Waals surface area contributed by atoms with Crippen LogP contribution < -0.4 is 5.32 Å². The molecule has 2 aromatic heterocycles. The van der Waals surface area contributed by atoms with E-state index in [1.165, 1.54) is 0 Å². The maximum Gasteiger partial charge on any atom is 0.410 e. The van der Waals surface area contributed by atoms with Crippen LogP contribution in [-0.4, -0.2) is 50.3 Å². The first-order valence-electron chi connectivity index (χ1n) is 12.2. The number of carbonyl (C=O) groups is 1. The molecule has 2 aromatic carbocycles. The number of halogens is 1. The summed E-state index contributed by atoms with van der Waals surface area (Å²) < 4.78 is 8.58. The number of fused-ring (bicyclic) bond motifs is 1. The van der Waals surface area contributed by atoms with Crippen molar-refractivity contribution in [2.75, 3.05) is 18.4 Å². The molecule has 1 atom stereocenters. The van der Waals surface area contributed by atoms with Gasteiger partial charge in [-0.15, -0.1) is 0 Å². The van der Waals surface area contributed by atoms with Crippen molar-refractivity contribution in [3.05, 3.63) is 71.5 Å². The number of carbonyl (C=O) groups excluding carboxylic acids is 1. The first kappa shape index (κ1) is 24.3. The van der Waals surface area contributed by atoms with E-state index >= 15 is 0 Å². The molecule has 1 N–H and O–H groups in total. The van der Waals surface area contributed by atoms with Crippen LogP contribution in [0, 0.1) is 0 Å². The van der Waals surface area contributed by atoms with Crippen molar-refractivity contribution < 1.29 is 9.53 Å². The maximum atomic E-state index is 12.6. The number of rotatable bonds is 4. The van der Waals surface area contributed by atoms with Gasteiger partial charge in [0.25, 0.3) is 0 Å². The Labute approximate surface area is 219 Å². The van der Waals surface area contributed by atoms with Crippen LogP contribution in [0.1, 0.15) is 33.6 Å². The fraction of sp³-hybridized carbons (Fsp3) is 0.321. The van der Waals surface area contributed by atoms with Gasteiger partial charge in [-0.2, -0.15) is 0 Å². The van der Waals surface area contributed by atoms with Gasteiger partial charge in [-0.25, -0.2) is 14.8 Å². The molecule has 1 saturated heterocycles. The van der Waals surface area contributed by atoms with Gasteiger partial charge in [0.1, 0.15) is 5.60 Å².